The molecule has 0 atom stereocenters. The molecule has 1 aromatic carbocycles. The first-order valence-electron chi connectivity index (χ1n) is 6.35. The highest BCUT2D eigenvalue weighted by Gasteiger charge is 1.98. The van der Waals surface area contributed by atoms with E-state index in [1.165, 1.54) is 18.2 Å². The predicted octanol–water partition coefficient (Wildman–Crippen LogP) is 2.81. The first kappa shape index (κ1) is 15.4. The lowest BCUT2D eigenvalue weighted by atomic mass is 10.2. The molecule has 1 N–H and O–H groups in total. The van der Waals surface area contributed by atoms with Gasteiger partial charge in [-0.2, -0.15) is 0 Å². The zero-order valence-electron chi connectivity index (χ0n) is 11.4. The molecule has 104 valence electrons. The lowest BCUT2D eigenvalue weighted by molar-refractivity contribution is -0.137. The van der Waals surface area contributed by atoms with Crippen molar-refractivity contribution in [3.63, 3.8) is 0 Å². The lowest BCUT2D eigenvalue weighted by Crippen LogP contribution is -2.17. The van der Waals surface area contributed by atoms with E-state index in [9.17, 15) is 9.18 Å². The molecule has 0 unspecified atom stereocenters. The lowest BCUT2D eigenvalue weighted by Gasteiger charge is -2.05. The van der Waals surface area contributed by atoms with Gasteiger partial charge < -0.3 is 10.1 Å². The molecule has 19 heavy (non-hydrogen) atoms. The van der Waals surface area contributed by atoms with Crippen LogP contribution in [0.3, 0.4) is 0 Å². The van der Waals surface area contributed by atoms with E-state index in [0.29, 0.717) is 13.2 Å². The van der Waals surface area contributed by atoms with E-state index in [0.717, 1.165) is 24.1 Å². The smallest absolute Gasteiger partial charge is 0.330 e. The van der Waals surface area contributed by atoms with E-state index in [1.54, 1.807) is 12.1 Å². The quantitative estimate of drug-likeness (QED) is 0.468. The summed E-state index contributed by atoms with van der Waals surface area (Å²) in [6, 6.07) is 6.38. The number of allylic oxidation sites excluding steroid dienone is 1. The molecule has 0 aliphatic carbocycles. The highest BCUT2D eigenvalue weighted by atomic mass is 19.1. The van der Waals surface area contributed by atoms with Gasteiger partial charge in [-0.3, -0.25) is 0 Å². The van der Waals surface area contributed by atoms with E-state index in [4.69, 9.17) is 4.74 Å². The van der Waals surface area contributed by atoms with E-state index >= 15 is 0 Å². The number of hydrogen-bond acceptors (Lipinski definition) is 3. The van der Waals surface area contributed by atoms with Crippen molar-refractivity contribution in [2.24, 2.45) is 0 Å². The summed E-state index contributed by atoms with van der Waals surface area (Å²) < 4.78 is 17.7. The largest absolute Gasteiger partial charge is 0.462 e. The maximum Gasteiger partial charge on any atom is 0.330 e. The van der Waals surface area contributed by atoms with Crippen LogP contribution in [0.2, 0.25) is 0 Å². The van der Waals surface area contributed by atoms with Crippen molar-refractivity contribution in [2.45, 2.75) is 26.8 Å². The molecule has 0 aliphatic rings. The van der Waals surface area contributed by atoms with Crippen LogP contribution in [0.1, 0.15) is 25.8 Å². The number of halogens is 1. The van der Waals surface area contributed by atoms with E-state index in [1.807, 2.05) is 13.8 Å². The number of benzene rings is 1. The van der Waals surface area contributed by atoms with Gasteiger partial charge in [0, 0.05) is 12.6 Å². The van der Waals surface area contributed by atoms with Gasteiger partial charge in [-0.25, -0.2) is 9.18 Å². The van der Waals surface area contributed by atoms with Gasteiger partial charge in [0.25, 0.3) is 0 Å². The molecular weight excluding hydrogens is 245 g/mol. The fourth-order valence-corrected chi connectivity index (χ4v) is 1.48. The number of ether oxygens (including phenoxy) is 1. The Morgan fingerprint density at radius 2 is 2.00 bits per heavy atom. The Hall–Kier alpha value is -1.68. The molecule has 0 radical (unpaired) electrons. The van der Waals surface area contributed by atoms with Gasteiger partial charge in [0.2, 0.25) is 0 Å². The fourth-order valence-electron chi connectivity index (χ4n) is 1.48. The molecule has 0 amide bonds. The van der Waals surface area contributed by atoms with Crippen LogP contribution in [-0.2, 0) is 16.1 Å². The van der Waals surface area contributed by atoms with E-state index in [-0.39, 0.29) is 11.8 Å². The number of esters is 1. The summed E-state index contributed by atoms with van der Waals surface area (Å²) in [6.45, 7) is 5.54. The third-order valence-electron chi connectivity index (χ3n) is 2.39. The average Bonchev–Trinajstić information content (AvgIpc) is 2.35. The second-order valence-corrected chi connectivity index (χ2v) is 4.55. The predicted molar refractivity (Wildman–Crippen MR) is 73.1 cm³/mol. The van der Waals surface area contributed by atoms with Gasteiger partial charge in [-0.05, 0) is 44.5 Å². The van der Waals surface area contributed by atoms with Crippen LogP contribution in [0.25, 0.3) is 0 Å². The topological polar surface area (TPSA) is 38.3 Å². The number of carbonyl (C=O) groups excluding carboxylic acids is 1. The monoisotopic (exact) mass is 265 g/mol. The van der Waals surface area contributed by atoms with Crippen LogP contribution >= 0.6 is 0 Å². The SMILES string of the molecule is CC(C)=CC(=O)OCCCNCc1ccc(F)cc1. The number of nitrogens with one attached hydrogen (secondary N) is 1. The summed E-state index contributed by atoms with van der Waals surface area (Å²) >= 11 is 0. The molecule has 0 heterocycles. The Kier molecular flexibility index (Phi) is 6.82. The number of carbonyl (C=O) groups is 1. The van der Waals surface area contributed by atoms with Gasteiger partial charge in [0.05, 0.1) is 6.61 Å². The highest BCUT2D eigenvalue weighted by molar-refractivity contribution is 5.82. The minimum absolute atomic E-state index is 0.227. The van der Waals surface area contributed by atoms with Crippen molar-refractivity contribution in [1.29, 1.82) is 0 Å². The molecular formula is C15H20FNO2. The standard InChI is InChI=1S/C15H20FNO2/c1-12(2)10-15(18)19-9-3-8-17-11-13-4-6-14(16)7-5-13/h4-7,10,17H,3,8-9,11H2,1-2H3. The number of rotatable bonds is 7. The van der Waals surface area contributed by atoms with Crippen LogP contribution in [0.15, 0.2) is 35.9 Å². The molecule has 0 aliphatic heterocycles. The molecule has 1 rings (SSSR count). The van der Waals surface area contributed by atoms with Crippen molar-refractivity contribution in [2.75, 3.05) is 13.2 Å². The Balaban J connectivity index is 2.07. The summed E-state index contributed by atoms with van der Waals surface area (Å²) in [5.74, 6) is -0.520. The minimum Gasteiger partial charge on any atom is -0.462 e. The van der Waals surface area contributed by atoms with Crippen LogP contribution < -0.4 is 5.32 Å². The average molecular weight is 265 g/mol. The second-order valence-electron chi connectivity index (χ2n) is 4.55. The first-order chi connectivity index (χ1) is 9.08. The first-order valence-corrected chi connectivity index (χ1v) is 6.35. The van der Waals surface area contributed by atoms with Crippen molar-refractivity contribution >= 4 is 5.97 Å². The zero-order chi connectivity index (χ0) is 14.1. The molecule has 4 heteroatoms. The molecule has 0 aromatic heterocycles. The molecule has 0 spiro atoms. The molecule has 1 aromatic rings. The van der Waals surface area contributed by atoms with Crippen LogP contribution in [0.4, 0.5) is 4.39 Å². The maximum absolute atomic E-state index is 12.7. The maximum atomic E-state index is 12.7. The fraction of sp³-hybridized carbons (Fsp3) is 0.400. The summed E-state index contributed by atoms with van der Waals surface area (Å²) in [7, 11) is 0. The van der Waals surface area contributed by atoms with E-state index in [2.05, 4.69) is 5.32 Å². The Labute approximate surface area is 113 Å². The van der Waals surface area contributed by atoms with Gasteiger partial charge >= 0.3 is 5.97 Å². The van der Waals surface area contributed by atoms with Crippen molar-refractivity contribution < 1.29 is 13.9 Å². The summed E-state index contributed by atoms with van der Waals surface area (Å²) in [4.78, 5) is 11.2. The number of hydrogen-bond donors (Lipinski definition) is 1. The molecule has 3 nitrogen and oxygen atoms in total. The van der Waals surface area contributed by atoms with Crippen molar-refractivity contribution in [3.8, 4) is 0 Å². The normalized spacial score (nSPS) is 10.1. The van der Waals surface area contributed by atoms with E-state index < -0.39 is 0 Å². The summed E-state index contributed by atoms with van der Waals surface area (Å²) in [5.41, 5.74) is 1.96. The Bertz CT molecular complexity index is 422. The van der Waals surface area contributed by atoms with Crippen LogP contribution in [0, 0.1) is 5.82 Å². The highest BCUT2D eigenvalue weighted by Crippen LogP contribution is 2.01. The molecule has 0 fully saturated rings. The van der Waals surface area contributed by atoms with Gasteiger partial charge in [0.15, 0.2) is 0 Å². The molecule has 0 bridgehead atoms. The zero-order valence-corrected chi connectivity index (χ0v) is 11.4. The summed E-state index contributed by atoms with van der Waals surface area (Å²) in [6.07, 6.45) is 2.23. The minimum atomic E-state index is -0.293. The Morgan fingerprint density at radius 3 is 2.63 bits per heavy atom. The Morgan fingerprint density at radius 1 is 1.32 bits per heavy atom. The van der Waals surface area contributed by atoms with Gasteiger partial charge in [-0.15, -0.1) is 0 Å². The third kappa shape index (κ3) is 7.36. The van der Waals surface area contributed by atoms with Crippen molar-refractivity contribution in [1.82, 2.24) is 5.32 Å². The second kappa shape index (κ2) is 8.43. The molecule has 0 saturated heterocycles. The van der Waals surface area contributed by atoms with Gasteiger partial charge in [0.1, 0.15) is 5.82 Å². The molecule has 0 saturated carbocycles. The van der Waals surface area contributed by atoms with Crippen LogP contribution in [-0.4, -0.2) is 19.1 Å². The van der Waals surface area contributed by atoms with Crippen molar-refractivity contribution in [3.05, 3.63) is 47.3 Å². The summed E-state index contributed by atoms with van der Waals surface area (Å²) in [5, 5.41) is 3.21. The third-order valence-corrected chi connectivity index (χ3v) is 2.39. The van der Waals surface area contributed by atoms with Crippen LogP contribution in [0.5, 0.6) is 0 Å². The van der Waals surface area contributed by atoms with Gasteiger partial charge in [-0.1, -0.05) is 17.7 Å².